The Balaban J connectivity index is 1.98. The Bertz CT molecular complexity index is 357. The van der Waals surface area contributed by atoms with Crippen molar-refractivity contribution in [3.63, 3.8) is 0 Å². The van der Waals surface area contributed by atoms with E-state index in [-0.39, 0.29) is 0 Å². The van der Waals surface area contributed by atoms with Crippen LogP contribution in [-0.4, -0.2) is 12.1 Å². The van der Waals surface area contributed by atoms with Gasteiger partial charge in [-0.15, -0.1) is 0 Å². The first-order chi connectivity index (χ1) is 7.65. The molecule has 0 radical (unpaired) electrons. The van der Waals surface area contributed by atoms with Crippen molar-refractivity contribution in [3.8, 4) is 0 Å². The van der Waals surface area contributed by atoms with E-state index < -0.39 is 0 Å². The molecule has 0 aromatic heterocycles. The molecule has 1 aliphatic rings. The van der Waals surface area contributed by atoms with Crippen LogP contribution in [0.1, 0.15) is 31.2 Å². The van der Waals surface area contributed by atoms with Gasteiger partial charge < -0.3 is 11.1 Å². The van der Waals surface area contributed by atoms with Gasteiger partial charge in [0.05, 0.1) is 0 Å². The molecule has 3 N–H and O–H groups in total. The van der Waals surface area contributed by atoms with E-state index in [0.29, 0.717) is 12.1 Å². The van der Waals surface area contributed by atoms with E-state index in [1.807, 2.05) is 0 Å². The van der Waals surface area contributed by atoms with Crippen molar-refractivity contribution >= 4 is 21.6 Å². The second-order valence-electron chi connectivity index (χ2n) is 4.74. The Kier molecular flexibility index (Phi) is 3.87. The minimum atomic E-state index is 0.416. The molecule has 0 aliphatic heterocycles. The van der Waals surface area contributed by atoms with Gasteiger partial charge >= 0.3 is 0 Å². The average molecular weight is 283 g/mol. The van der Waals surface area contributed by atoms with Crippen LogP contribution in [0.3, 0.4) is 0 Å². The Morgan fingerprint density at radius 3 is 2.56 bits per heavy atom. The average Bonchev–Trinajstić information content (AvgIpc) is 2.25. The van der Waals surface area contributed by atoms with Crippen LogP contribution in [0, 0.1) is 6.92 Å². The molecular formula is C13H19BrN2. The zero-order chi connectivity index (χ0) is 11.5. The lowest BCUT2D eigenvalue weighted by molar-refractivity contribution is 0.411. The normalized spacial score (nSPS) is 25.4. The van der Waals surface area contributed by atoms with Crippen LogP contribution >= 0.6 is 15.9 Å². The van der Waals surface area contributed by atoms with Crippen LogP contribution in [0.2, 0.25) is 0 Å². The predicted molar refractivity (Wildman–Crippen MR) is 72.7 cm³/mol. The fourth-order valence-corrected chi connectivity index (χ4v) is 2.83. The van der Waals surface area contributed by atoms with Crippen LogP contribution in [0.5, 0.6) is 0 Å². The second kappa shape index (κ2) is 5.19. The highest BCUT2D eigenvalue weighted by Gasteiger charge is 2.18. The number of anilines is 1. The summed E-state index contributed by atoms with van der Waals surface area (Å²) in [4.78, 5) is 0. The van der Waals surface area contributed by atoms with Crippen molar-refractivity contribution in [2.75, 3.05) is 5.32 Å². The van der Waals surface area contributed by atoms with Gasteiger partial charge in [0, 0.05) is 22.2 Å². The summed E-state index contributed by atoms with van der Waals surface area (Å²) in [7, 11) is 0. The Morgan fingerprint density at radius 2 is 1.94 bits per heavy atom. The molecule has 0 heterocycles. The third-order valence-corrected chi connectivity index (χ3v) is 3.91. The van der Waals surface area contributed by atoms with E-state index in [1.54, 1.807) is 0 Å². The lowest BCUT2D eigenvalue weighted by Gasteiger charge is -2.28. The molecule has 1 aromatic rings. The summed E-state index contributed by atoms with van der Waals surface area (Å²) in [5.74, 6) is 0. The number of hydrogen-bond donors (Lipinski definition) is 2. The molecule has 0 bridgehead atoms. The molecule has 88 valence electrons. The van der Waals surface area contributed by atoms with Gasteiger partial charge in [-0.2, -0.15) is 0 Å². The third kappa shape index (κ3) is 2.98. The molecule has 1 fully saturated rings. The maximum atomic E-state index is 5.90. The number of benzene rings is 1. The van der Waals surface area contributed by atoms with Gasteiger partial charge in [0.15, 0.2) is 0 Å². The predicted octanol–water partition coefficient (Wildman–Crippen LogP) is 3.44. The van der Waals surface area contributed by atoms with Gasteiger partial charge in [-0.25, -0.2) is 0 Å². The minimum Gasteiger partial charge on any atom is -0.381 e. The minimum absolute atomic E-state index is 0.416. The maximum absolute atomic E-state index is 5.90. The van der Waals surface area contributed by atoms with Crippen molar-refractivity contribution in [3.05, 3.63) is 28.2 Å². The highest BCUT2D eigenvalue weighted by molar-refractivity contribution is 9.10. The number of rotatable bonds is 2. The first kappa shape index (κ1) is 11.9. The van der Waals surface area contributed by atoms with Gasteiger partial charge in [-0.3, -0.25) is 0 Å². The van der Waals surface area contributed by atoms with Crippen LogP contribution < -0.4 is 11.1 Å². The molecule has 0 atom stereocenters. The Labute approximate surface area is 106 Å². The zero-order valence-corrected chi connectivity index (χ0v) is 11.3. The lowest BCUT2D eigenvalue weighted by Crippen LogP contribution is -2.32. The Morgan fingerprint density at radius 1 is 1.25 bits per heavy atom. The van der Waals surface area contributed by atoms with Crippen molar-refractivity contribution < 1.29 is 0 Å². The van der Waals surface area contributed by atoms with Crippen molar-refractivity contribution in [1.82, 2.24) is 0 Å². The molecule has 0 amide bonds. The summed E-state index contributed by atoms with van der Waals surface area (Å²) >= 11 is 3.60. The molecular weight excluding hydrogens is 264 g/mol. The van der Waals surface area contributed by atoms with Gasteiger partial charge in [0.1, 0.15) is 0 Å². The summed E-state index contributed by atoms with van der Waals surface area (Å²) in [6, 6.07) is 7.44. The first-order valence-corrected chi connectivity index (χ1v) is 6.73. The summed E-state index contributed by atoms with van der Waals surface area (Å²) in [6.45, 7) is 2.11. The van der Waals surface area contributed by atoms with E-state index in [1.165, 1.54) is 24.1 Å². The van der Waals surface area contributed by atoms with Crippen molar-refractivity contribution in [2.24, 2.45) is 5.73 Å². The van der Waals surface area contributed by atoms with Crippen LogP contribution in [0.4, 0.5) is 5.69 Å². The van der Waals surface area contributed by atoms with Crippen molar-refractivity contribution in [1.29, 1.82) is 0 Å². The largest absolute Gasteiger partial charge is 0.381 e. The molecule has 3 heteroatoms. The summed E-state index contributed by atoms with van der Waals surface area (Å²) < 4.78 is 1.15. The smallest absolute Gasteiger partial charge is 0.0486 e. The zero-order valence-electron chi connectivity index (χ0n) is 9.67. The number of halogens is 1. The Hall–Kier alpha value is -0.540. The van der Waals surface area contributed by atoms with Crippen molar-refractivity contribution in [2.45, 2.75) is 44.7 Å². The van der Waals surface area contributed by atoms with E-state index in [2.05, 4.69) is 46.4 Å². The highest BCUT2D eigenvalue weighted by Crippen LogP contribution is 2.27. The van der Waals surface area contributed by atoms with E-state index >= 15 is 0 Å². The lowest BCUT2D eigenvalue weighted by atomic mass is 9.91. The molecule has 0 unspecified atom stereocenters. The van der Waals surface area contributed by atoms with Gasteiger partial charge in [-0.05, 0) is 66.2 Å². The molecule has 2 rings (SSSR count). The second-order valence-corrected chi connectivity index (χ2v) is 5.59. The summed E-state index contributed by atoms with van der Waals surface area (Å²) in [6.07, 6.45) is 4.64. The van der Waals surface area contributed by atoms with Gasteiger partial charge in [0.25, 0.3) is 0 Å². The maximum Gasteiger partial charge on any atom is 0.0486 e. The third-order valence-electron chi connectivity index (χ3n) is 3.26. The molecule has 2 nitrogen and oxygen atoms in total. The molecule has 1 aromatic carbocycles. The van der Waals surface area contributed by atoms with Crippen LogP contribution in [-0.2, 0) is 0 Å². The van der Waals surface area contributed by atoms with E-state index in [0.717, 1.165) is 17.3 Å². The quantitative estimate of drug-likeness (QED) is 0.872. The van der Waals surface area contributed by atoms with Gasteiger partial charge in [0.2, 0.25) is 0 Å². The summed E-state index contributed by atoms with van der Waals surface area (Å²) in [5.41, 5.74) is 8.38. The van der Waals surface area contributed by atoms with E-state index in [4.69, 9.17) is 5.73 Å². The first-order valence-electron chi connectivity index (χ1n) is 5.93. The SMILES string of the molecule is Cc1ccc(NC2CCC(N)CC2)c(Br)c1. The molecule has 0 spiro atoms. The molecule has 16 heavy (non-hydrogen) atoms. The van der Waals surface area contributed by atoms with Gasteiger partial charge in [-0.1, -0.05) is 6.07 Å². The van der Waals surface area contributed by atoms with Crippen LogP contribution in [0.15, 0.2) is 22.7 Å². The van der Waals surface area contributed by atoms with E-state index in [9.17, 15) is 0 Å². The molecule has 1 aliphatic carbocycles. The molecule has 1 saturated carbocycles. The number of aryl methyl sites for hydroxylation is 1. The standard InChI is InChI=1S/C13H19BrN2/c1-9-2-7-13(12(14)8-9)16-11-5-3-10(15)4-6-11/h2,7-8,10-11,16H,3-6,15H2,1H3. The molecule has 0 saturated heterocycles. The highest BCUT2D eigenvalue weighted by atomic mass is 79.9. The number of nitrogens with two attached hydrogens (primary N) is 1. The fourth-order valence-electron chi connectivity index (χ4n) is 2.22. The fraction of sp³-hybridized carbons (Fsp3) is 0.538. The summed E-state index contributed by atoms with van der Waals surface area (Å²) in [5, 5.41) is 3.59. The van der Waals surface area contributed by atoms with Crippen LogP contribution in [0.25, 0.3) is 0 Å². The monoisotopic (exact) mass is 282 g/mol. The number of hydrogen-bond acceptors (Lipinski definition) is 2. The number of nitrogens with one attached hydrogen (secondary N) is 1. The topological polar surface area (TPSA) is 38.0 Å².